The van der Waals surface area contributed by atoms with Gasteiger partial charge >= 0.3 is 0 Å². The van der Waals surface area contributed by atoms with Gasteiger partial charge in [-0.2, -0.15) is 0 Å². The van der Waals surface area contributed by atoms with Crippen LogP contribution in [-0.2, 0) is 9.59 Å². The van der Waals surface area contributed by atoms with E-state index in [0.29, 0.717) is 18.2 Å². The minimum Gasteiger partial charge on any atom is -0.342 e. The Bertz CT molecular complexity index is 375. The highest BCUT2D eigenvalue weighted by Gasteiger charge is 2.34. The van der Waals surface area contributed by atoms with Crippen molar-refractivity contribution in [2.45, 2.75) is 46.5 Å². The van der Waals surface area contributed by atoms with Crippen molar-refractivity contribution in [1.82, 2.24) is 10.2 Å². The molecule has 0 aromatic heterocycles. The molecule has 3 atom stereocenters. The number of nitrogens with one attached hydrogen (secondary N) is 1. The van der Waals surface area contributed by atoms with E-state index in [2.05, 4.69) is 19.2 Å². The number of nitrogens with zero attached hydrogens (tertiary/aromatic N) is 1. The molecule has 4 heteroatoms. The van der Waals surface area contributed by atoms with Gasteiger partial charge in [-0.1, -0.05) is 20.8 Å². The Hall–Kier alpha value is -0.900. The Morgan fingerprint density at radius 2 is 1.81 bits per heavy atom. The lowest BCUT2D eigenvalue weighted by atomic mass is 9.82. The van der Waals surface area contributed by atoms with Crippen molar-refractivity contribution in [3.05, 3.63) is 0 Å². The molecule has 4 nitrogen and oxygen atoms in total. The monoisotopic (exact) mass is 294 g/mol. The molecular formula is C17H30N2O2. The fourth-order valence-corrected chi connectivity index (χ4v) is 3.43. The fraction of sp³-hybridized carbons (Fsp3) is 0.882. The van der Waals surface area contributed by atoms with Crippen molar-refractivity contribution in [2.24, 2.45) is 23.7 Å². The molecular weight excluding hydrogens is 264 g/mol. The van der Waals surface area contributed by atoms with Crippen LogP contribution in [0, 0.1) is 23.7 Å². The molecule has 0 aromatic carbocycles. The van der Waals surface area contributed by atoms with Crippen LogP contribution in [0.3, 0.4) is 0 Å². The molecule has 0 saturated carbocycles. The summed E-state index contributed by atoms with van der Waals surface area (Å²) >= 11 is 0. The molecule has 2 saturated heterocycles. The van der Waals surface area contributed by atoms with E-state index in [4.69, 9.17) is 0 Å². The fourth-order valence-electron chi connectivity index (χ4n) is 3.43. The van der Waals surface area contributed by atoms with Crippen molar-refractivity contribution in [3.8, 4) is 0 Å². The van der Waals surface area contributed by atoms with E-state index in [0.717, 1.165) is 45.3 Å². The van der Waals surface area contributed by atoms with Crippen LogP contribution in [0.15, 0.2) is 0 Å². The highest BCUT2D eigenvalue weighted by atomic mass is 16.2. The van der Waals surface area contributed by atoms with Crippen LogP contribution < -0.4 is 5.32 Å². The van der Waals surface area contributed by atoms with E-state index >= 15 is 0 Å². The molecule has 2 aliphatic rings. The van der Waals surface area contributed by atoms with Gasteiger partial charge in [0.05, 0.1) is 5.92 Å². The van der Waals surface area contributed by atoms with Gasteiger partial charge in [0.15, 0.2) is 0 Å². The van der Waals surface area contributed by atoms with E-state index < -0.39 is 0 Å². The number of Topliss-reactive ketones (excluding diaryl/α,β-unsaturated/α-hetero) is 1. The zero-order valence-electron chi connectivity index (χ0n) is 13.7. The zero-order chi connectivity index (χ0) is 15.4. The average Bonchev–Trinajstić information content (AvgIpc) is 2.53. The Morgan fingerprint density at radius 3 is 2.43 bits per heavy atom. The lowest BCUT2D eigenvalue weighted by molar-refractivity contribution is -0.140. The summed E-state index contributed by atoms with van der Waals surface area (Å²) in [6.07, 6.45) is 3.98. The Labute approximate surface area is 128 Å². The Morgan fingerprint density at radius 1 is 1.10 bits per heavy atom. The topological polar surface area (TPSA) is 49.4 Å². The van der Waals surface area contributed by atoms with Gasteiger partial charge in [0.2, 0.25) is 5.91 Å². The summed E-state index contributed by atoms with van der Waals surface area (Å²) < 4.78 is 0. The number of rotatable bonds is 4. The van der Waals surface area contributed by atoms with Crippen molar-refractivity contribution in [2.75, 3.05) is 26.2 Å². The smallest absolute Gasteiger partial charge is 0.226 e. The third-order valence-corrected chi connectivity index (χ3v) is 5.23. The zero-order valence-corrected chi connectivity index (χ0v) is 13.7. The first kappa shape index (κ1) is 16.5. The van der Waals surface area contributed by atoms with Crippen LogP contribution >= 0.6 is 0 Å². The van der Waals surface area contributed by atoms with Crippen LogP contribution in [-0.4, -0.2) is 42.8 Å². The molecule has 2 aliphatic heterocycles. The van der Waals surface area contributed by atoms with Gasteiger partial charge in [0, 0.05) is 31.5 Å². The highest BCUT2D eigenvalue weighted by molar-refractivity contribution is 5.85. The molecule has 0 aliphatic carbocycles. The number of likely N-dealkylation sites (tertiary alicyclic amines) is 1. The van der Waals surface area contributed by atoms with Gasteiger partial charge < -0.3 is 10.2 Å². The second-order valence-corrected chi connectivity index (χ2v) is 7.10. The maximum atomic E-state index is 12.6. The van der Waals surface area contributed by atoms with Crippen LogP contribution in [0.4, 0.5) is 0 Å². The first-order valence-electron chi connectivity index (χ1n) is 8.54. The molecule has 1 amide bonds. The number of carbonyl (C=O) groups excluding carboxylic acids is 2. The minimum atomic E-state index is 0.0525. The van der Waals surface area contributed by atoms with Crippen molar-refractivity contribution < 1.29 is 9.59 Å². The van der Waals surface area contributed by atoms with Gasteiger partial charge in [-0.25, -0.2) is 0 Å². The number of hydrogen-bond donors (Lipinski definition) is 1. The summed E-state index contributed by atoms with van der Waals surface area (Å²) in [6, 6.07) is 0. The third kappa shape index (κ3) is 4.06. The summed E-state index contributed by atoms with van der Waals surface area (Å²) in [6.45, 7) is 9.52. The van der Waals surface area contributed by atoms with Crippen molar-refractivity contribution in [1.29, 1.82) is 0 Å². The number of hydrogen-bond acceptors (Lipinski definition) is 3. The predicted molar refractivity (Wildman–Crippen MR) is 83.9 cm³/mol. The Balaban J connectivity index is 1.93. The molecule has 2 heterocycles. The number of piperidine rings is 2. The molecule has 2 fully saturated rings. The molecule has 0 bridgehead atoms. The summed E-state index contributed by atoms with van der Waals surface area (Å²) in [5.74, 6) is 1.26. The normalized spacial score (nSPS) is 28.5. The Kier molecular flexibility index (Phi) is 5.80. The second-order valence-electron chi connectivity index (χ2n) is 7.10. The summed E-state index contributed by atoms with van der Waals surface area (Å²) in [7, 11) is 0. The van der Waals surface area contributed by atoms with Crippen molar-refractivity contribution >= 4 is 11.7 Å². The van der Waals surface area contributed by atoms with E-state index in [-0.39, 0.29) is 23.7 Å². The van der Waals surface area contributed by atoms with Crippen LogP contribution in [0.1, 0.15) is 46.5 Å². The predicted octanol–water partition coefficient (Wildman–Crippen LogP) is 2.09. The number of ketones is 1. The van der Waals surface area contributed by atoms with E-state index in [9.17, 15) is 9.59 Å². The molecule has 1 N–H and O–H groups in total. The number of carbonyl (C=O) groups is 2. The van der Waals surface area contributed by atoms with E-state index in [1.807, 2.05) is 11.8 Å². The van der Waals surface area contributed by atoms with Gasteiger partial charge in [-0.05, 0) is 38.1 Å². The summed E-state index contributed by atoms with van der Waals surface area (Å²) in [4.78, 5) is 27.1. The molecule has 0 radical (unpaired) electrons. The van der Waals surface area contributed by atoms with E-state index in [1.165, 1.54) is 0 Å². The lowest BCUT2D eigenvalue weighted by Crippen LogP contribution is -2.48. The quantitative estimate of drug-likeness (QED) is 0.863. The van der Waals surface area contributed by atoms with Crippen molar-refractivity contribution in [3.63, 3.8) is 0 Å². The van der Waals surface area contributed by atoms with Crippen LogP contribution in [0.2, 0.25) is 0 Å². The number of amides is 1. The maximum absolute atomic E-state index is 12.6. The van der Waals surface area contributed by atoms with Crippen LogP contribution in [0.5, 0.6) is 0 Å². The minimum absolute atomic E-state index is 0.0525. The van der Waals surface area contributed by atoms with Gasteiger partial charge in [0.1, 0.15) is 5.78 Å². The largest absolute Gasteiger partial charge is 0.342 e. The summed E-state index contributed by atoms with van der Waals surface area (Å²) in [5.41, 5.74) is 0. The average molecular weight is 294 g/mol. The molecule has 21 heavy (non-hydrogen) atoms. The van der Waals surface area contributed by atoms with Gasteiger partial charge in [0.25, 0.3) is 0 Å². The van der Waals surface area contributed by atoms with Gasteiger partial charge in [-0.15, -0.1) is 0 Å². The van der Waals surface area contributed by atoms with E-state index in [1.54, 1.807) is 0 Å². The molecule has 0 aromatic rings. The SMILES string of the molecule is CC(C)C(C)C(=O)[C@H]1CCCN(C(=O)[C@@H]2CCCNC2)C1. The molecule has 1 unspecified atom stereocenters. The molecule has 2 rings (SSSR count). The standard InChI is InChI=1S/C17H30N2O2/c1-12(2)13(3)16(20)15-7-5-9-19(11-15)17(21)14-6-4-8-18-10-14/h12-15,18H,4-11H2,1-3H3/t13?,14-,15+/m1/s1. The summed E-state index contributed by atoms with van der Waals surface area (Å²) in [5, 5.41) is 3.31. The molecule has 120 valence electrons. The lowest BCUT2D eigenvalue weighted by Gasteiger charge is -2.36. The molecule has 0 spiro atoms. The highest BCUT2D eigenvalue weighted by Crippen LogP contribution is 2.25. The maximum Gasteiger partial charge on any atom is 0.226 e. The third-order valence-electron chi connectivity index (χ3n) is 5.23. The van der Waals surface area contributed by atoms with Gasteiger partial charge in [-0.3, -0.25) is 9.59 Å². The van der Waals surface area contributed by atoms with Crippen LogP contribution in [0.25, 0.3) is 0 Å². The first-order valence-corrected chi connectivity index (χ1v) is 8.54. The first-order chi connectivity index (χ1) is 10.0. The second kappa shape index (κ2) is 7.39.